The van der Waals surface area contributed by atoms with Crippen LogP contribution >= 0.6 is 11.3 Å². The SMILES string of the molecule is COc1ccc(CCN(CC(C)(C)C)C(=O)c2csc(CCN)n2)cc1. The van der Waals surface area contributed by atoms with Crippen molar-refractivity contribution in [3.05, 3.63) is 45.9 Å². The highest BCUT2D eigenvalue weighted by Crippen LogP contribution is 2.20. The maximum absolute atomic E-state index is 13.0. The zero-order valence-corrected chi connectivity index (χ0v) is 16.9. The molecule has 1 heterocycles. The van der Waals surface area contributed by atoms with Gasteiger partial charge in [-0.1, -0.05) is 32.9 Å². The summed E-state index contributed by atoms with van der Waals surface area (Å²) in [7, 11) is 1.66. The number of nitrogens with zero attached hydrogens (tertiary/aromatic N) is 2. The first-order valence-electron chi connectivity index (χ1n) is 8.89. The van der Waals surface area contributed by atoms with Gasteiger partial charge in [-0.15, -0.1) is 11.3 Å². The second-order valence-corrected chi connectivity index (χ2v) is 8.49. The molecule has 0 spiro atoms. The van der Waals surface area contributed by atoms with Crippen molar-refractivity contribution in [1.82, 2.24) is 9.88 Å². The molecular formula is C20H29N3O2S. The van der Waals surface area contributed by atoms with Gasteiger partial charge in [0.25, 0.3) is 5.91 Å². The quantitative estimate of drug-likeness (QED) is 0.768. The largest absolute Gasteiger partial charge is 0.497 e. The van der Waals surface area contributed by atoms with Crippen molar-refractivity contribution in [3.63, 3.8) is 0 Å². The molecule has 5 nitrogen and oxygen atoms in total. The van der Waals surface area contributed by atoms with Gasteiger partial charge < -0.3 is 15.4 Å². The summed E-state index contributed by atoms with van der Waals surface area (Å²) in [5.74, 6) is 0.833. The monoisotopic (exact) mass is 375 g/mol. The molecule has 0 atom stereocenters. The molecule has 1 aromatic carbocycles. The third kappa shape index (κ3) is 6.11. The summed E-state index contributed by atoms with van der Waals surface area (Å²) in [5, 5.41) is 2.76. The van der Waals surface area contributed by atoms with Crippen LogP contribution in [0.15, 0.2) is 29.6 Å². The minimum atomic E-state index is -0.00652. The highest BCUT2D eigenvalue weighted by molar-refractivity contribution is 7.09. The van der Waals surface area contributed by atoms with Crippen molar-refractivity contribution in [2.45, 2.75) is 33.6 Å². The minimum absolute atomic E-state index is 0.00652. The fraction of sp³-hybridized carbons (Fsp3) is 0.500. The Bertz CT molecular complexity index is 705. The average molecular weight is 376 g/mol. The molecule has 0 fully saturated rings. The third-order valence-electron chi connectivity index (χ3n) is 3.91. The van der Waals surface area contributed by atoms with Gasteiger partial charge >= 0.3 is 0 Å². The topological polar surface area (TPSA) is 68.5 Å². The predicted octanol–water partition coefficient (Wildman–Crippen LogP) is 3.38. The molecule has 2 rings (SSSR count). The lowest BCUT2D eigenvalue weighted by atomic mass is 9.95. The van der Waals surface area contributed by atoms with E-state index < -0.39 is 0 Å². The van der Waals surface area contributed by atoms with Gasteiger partial charge in [-0.05, 0) is 36.1 Å². The van der Waals surface area contributed by atoms with Gasteiger partial charge in [0.2, 0.25) is 0 Å². The smallest absolute Gasteiger partial charge is 0.273 e. The summed E-state index contributed by atoms with van der Waals surface area (Å²) in [6.07, 6.45) is 1.51. The van der Waals surface area contributed by atoms with Gasteiger partial charge in [-0.3, -0.25) is 4.79 Å². The van der Waals surface area contributed by atoms with Crippen LogP contribution in [0.2, 0.25) is 0 Å². The van der Waals surface area contributed by atoms with Crippen LogP contribution < -0.4 is 10.5 Å². The van der Waals surface area contributed by atoms with Crippen molar-refractivity contribution in [2.24, 2.45) is 11.1 Å². The first-order chi connectivity index (χ1) is 12.3. The van der Waals surface area contributed by atoms with Crippen LogP contribution in [-0.4, -0.2) is 42.5 Å². The number of ether oxygens (including phenoxy) is 1. The van der Waals surface area contributed by atoms with Crippen LogP contribution in [0.4, 0.5) is 0 Å². The van der Waals surface area contributed by atoms with Crippen LogP contribution in [0, 0.1) is 5.41 Å². The molecule has 0 saturated heterocycles. The molecule has 0 radical (unpaired) electrons. The molecule has 26 heavy (non-hydrogen) atoms. The van der Waals surface area contributed by atoms with E-state index in [2.05, 4.69) is 25.8 Å². The van der Waals surface area contributed by atoms with Gasteiger partial charge in [0.1, 0.15) is 11.4 Å². The van der Waals surface area contributed by atoms with E-state index in [0.717, 1.165) is 17.2 Å². The Labute approximate surface area is 160 Å². The maximum atomic E-state index is 13.0. The molecule has 6 heteroatoms. The van der Waals surface area contributed by atoms with E-state index in [4.69, 9.17) is 10.5 Å². The molecule has 1 aromatic heterocycles. The number of amides is 1. The number of benzene rings is 1. The third-order valence-corrected chi connectivity index (χ3v) is 4.82. The summed E-state index contributed by atoms with van der Waals surface area (Å²) >= 11 is 1.50. The summed E-state index contributed by atoms with van der Waals surface area (Å²) in [5.41, 5.74) is 7.31. The lowest BCUT2D eigenvalue weighted by Crippen LogP contribution is -2.39. The number of hydrogen-bond acceptors (Lipinski definition) is 5. The summed E-state index contributed by atoms with van der Waals surface area (Å²) in [6.45, 7) is 8.31. The molecule has 0 aliphatic heterocycles. The van der Waals surface area contributed by atoms with E-state index in [1.54, 1.807) is 7.11 Å². The first-order valence-corrected chi connectivity index (χ1v) is 9.77. The molecule has 2 aromatic rings. The highest BCUT2D eigenvalue weighted by Gasteiger charge is 2.23. The normalized spacial score (nSPS) is 11.4. The zero-order chi connectivity index (χ0) is 19.2. The van der Waals surface area contributed by atoms with E-state index >= 15 is 0 Å². The van der Waals surface area contributed by atoms with Crippen molar-refractivity contribution in [3.8, 4) is 5.75 Å². The number of carbonyl (C=O) groups excluding carboxylic acids is 1. The second-order valence-electron chi connectivity index (χ2n) is 7.55. The van der Waals surface area contributed by atoms with E-state index in [1.165, 1.54) is 16.9 Å². The number of carbonyl (C=O) groups is 1. The van der Waals surface area contributed by atoms with Gasteiger partial charge in [0.05, 0.1) is 12.1 Å². The van der Waals surface area contributed by atoms with E-state index in [9.17, 15) is 4.79 Å². The van der Waals surface area contributed by atoms with Crippen molar-refractivity contribution >= 4 is 17.2 Å². The summed E-state index contributed by atoms with van der Waals surface area (Å²) in [4.78, 5) is 19.3. The molecule has 1 amide bonds. The Balaban J connectivity index is 2.09. The van der Waals surface area contributed by atoms with E-state index in [0.29, 0.717) is 31.7 Å². The van der Waals surface area contributed by atoms with Crippen LogP contribution in [0.3, 0.4) is 0 Å². The van der Waals surface area contributed by atoms with Gasteiger partial charge in [0.15, 0.2) is 0 Å². The number of nitrogens with two attached hydrogens (primary N) is 1. The highest BCUT2D eigenvalue weighted by atomic mass is 32.1. The Morgan fingerprint density at radius 3 is 2.50 bits per heavy atom. The number of hydrogen-bond donors (Lipinski definition) is 1. The van der Waals surface area contributed by atoms with Crippen LogP contribution in [0.1, 0.15) is 41.8 Å². The van der Waals surface area contributed by atoms with Crippen LogP contribution in [0.25, 0.3) is 0 Å². The fourth-order valence-electron chi connectivity index (χ4n) is 2.69. The molecule has 142 valence electrons. The molecule has 0 aliphatic rings. The Morgan fingerprint density at radius 2 is 1.92 bits per heavy atom. The van der Waals surface area contributed by atoms with Crippen molar-refractivity contribution in [2.75, 3.05) is 26.7 Å². The predicted molar refractivity (Wildman–Crippen MR) is 107 cm³/mol. The maximum Gasteiger partial charge on any atom is 0.273 e. The molecule has 0 bridgehead atoms. The number of rotatable bonds is 8. The van der Waals surface area contributed by atoms with Gasteiger partial charge in [-0.2, -0.15) is 0 Å². The number of aromatic nitrogens is 1. The molecule has 0 saturated carbocycles. The second kappa shape index (κ2) is 9.14. The van der Waals surface area contributed by atoms with Crippen LogP contribution in [0.5, 0.6) is 5.75 Å². The number of methoxy groups -OCH3 is 1. The molecular weight excluding hydrogens is 346 g/mol. The lowest BCUT2D eigenvalue weighted by Gasteiger charge is -2.29. The summed E-state index contributed by atoms with van der Waals surface area (Å²) < 4.78 is 5.20. The molecule has 2 N–H and O–H groups in total. The fourth-order valence-corrected chi connectivity index (χ4v) is 3.48. The minimum Gasteiger partial charge on any atom is -0.497 e. The van der Waals surface area contributed by atoms with E-state index in [-0.39, 0.29) is 11.3 Å². The number of thiazole rings is 1. The Hall–Kier alpha value is -1.92. The average Bonchev–Trinajstić information content (AvgIpc) is 3.06. The van der Waals surface area contributed by atoms with E-state index in [1.807, 2.05) is 34.5 Å². The standard InChI is InChI=1S/C20H29N3O2S/c1-20(2,3)14-23(12-10-15-5-7-16(25-4)8-6-15)19(24)17-13-26-18(22-17)9-11-21/h5-8,13H,9-12,14,21H2,1-4H3. The Kier molecular flexibility index (Phi) is 7.17. The molecule has 0 aliphatic carbocycles. The Morgan fingerprint density at radius 1 is 1.23 bits per heavy atom. The first kappa shape index (κ1) is 20.4. The lowest BCUT2D eigenvalue weighted by molar-refractivity contribution is 0.0692. The van der Waals surface area contributed by atoms with Gasteiger partial charge in [-0.25, -0.2) is 4.98 Å². The van der Waals surface area contributed by atoms with Gasteiger partial charge in [0, 0.05) is 24.9 Å². The summed E-state index contributed by atoms with van der Waals surface area (Å²) in [6, 6.07) is 7.98. The molecule has 0 unspecified atom stereocenters. The zero-order valence-electron chi connectivity index (χ0n) is 16.1. The van der Waals surface area contributed by atoms with Crippen molar-refractivity contribution in [1.29, 1.82) is 0 Å². The van der Waals surface area contributed by atoms with Crippen molar-refractivity contribution < 1.29 is 9.53 Å². The van der Waals surface area contributed by atoms with Crippen LogP contribution in [-0.2, 0) is 12.8 Å².